The van der Waals surface area contributed by atoms with Gasteiger partial charge in [0.25, 0.3) is 12.9 Å². The third-order valence-electron chi connectivity index (χ3n) is 6.95. The predicted octanol–water partition coefficient (Wildman–Crippen LogP) is 6.13. The van der Waals surface area contributed by atoms with Crippen LogP contribution >= 0.6 is 25.5 Å². The summed E-state index contributed by atoms with van der Waals surface area (Å²) in [6.45, 7) is 4.49. The first kappa shape index (κ1) is 61.5. The van der Waals surface area contributed by atoms with E-state index in [0.29, 0.717) is 0 Å². The average molecular weight is 1040 g/mol. The molecular weight excluding hydrogens is 992 g/mol. The van der Waals surface area contributed by atoms with E-state index in [-0.39, 0.29) is 26.9 Å². The number of nitrogens with zero attached hydrogens (tertiary/aromatic N) is 1. The van der Waals surface area contributed by atoms with Crippen molar-refractivity contribution < 1.29 is 92.4 Å². The predicted molar refractivity (Wildman–Crippen MR) is 219 cm³/mol. The number of alkyl halides is 6. The molecule has 4 rings (SSSR count). The summed E-state index contributed by atoms with van der Waals surface area (Å²) < 4.78 is 72.5. The van der Waals surface area contributed by atoms with E-state index in [2.05, 4.69) is 159 Å². The van der Waals surface area contributed by atoms with Crippen LogP contribution < -0.4 is 21.2 Å². The third kappa shape index (κ3) is 29.7. The van der Waals surface area contributed by atoms with Gasteiger partial charge >= 0.3 is 58.9 Å². The minimum Gasteiger partial charge on any atom is 1.00 e. The summed E-state index contributed by atoms with van der Waals surface area (Å²) in [6, 6.07) is 44.4. The quantitative estimate of drug-likeness (QED) is 0.0299. The van der Waals surface area contributed by atoms with E-state index in [0.717, 1.165) is 27.3 Å². The zero-order valence-electron chi connectivity index (χ0n) is 31.8. The number of carbonyl (C=O) groups is 1. The Hall–Kier alpha value is -2.16. The molecule has 0 saturated carbocycles. The van der Waals surface area contributed by atoms with E-state index < -0.39 is 54.0 Å². The van der Waals surface area contributed by atoms with Crippen molar-refractivity contribution in [2.45, 2.75) is 25.6 Å². The zero-order chi connectivity index (χ0) is 42.0. The maximum atomic E-state index is 11.1. The molecule has 321 valence electrons. The molecule has 0 spiro atoms. The van der Waals surface area contributed by atoms with E-state index in [9.17, 15) is 31.1 Å². The number of hydrogen-bond donors (Lipinski definition) is 2. The Morgan fingerprint density at radius 2 is 0.965 bits per heavy atom. The molecular formula is C39H52ClF6NO6P2Ru2+3. The van der Waals surface area contributed by atoms with Gasteiger partial charge in [-0.1, -0.05) is 72.8 Å². The normalized spacial score (nSPS) is 10.4. The van der Waals surface area contributed by atoms with Crippen LogP contribution in [-0.4, -0.2) is 107 Å². The van der Waals surface area contributed by atoms with Gasteiger partial charge in [0.05, 0.1) is 56.5 Å². The Kier molecular flexibility index (Phi) is 43.8. The van der Waals surface area contributed by atoms with Crippen LogP contribution in [0.2, 0.25) is 0 Å². The molecule has 2 N–H and O–H groups in total. The molecule has 0 aliphatic heterocycles. The van der Waals surface area contributed by atoms with Crippen molar-refractivity contribution in [3.8, 4) is 0 Å². The first-order valence-corrected chi connectivity index (χ1v) is 22.0. The van der Waals surface area contributed by atoms with Crippen LogP contribution in [0, 0.1) is 7.43 Å². The van der Waals surface area contributed by atoms with Crippen molar-refractivity contribution in [3.63, 3.8) is 0 Å². The van der Waals surface area contributed by atoms with Gasteiger partial charge in [0.1, 0.15) is 6.61 Å². The van der Waals surface area contributed by atoms with Crippen LogP contribution in [-0.2, 0) is 55.9 Å². The van der Waals surface area contributed by atoms with Crippen molar-refractivity contribution in [3.05, 3.63) is 129 Å². The van der Waals surface area contributed by atoms with E-state index in [1.165, 1.54) is 33.5 Å². The average Bonchev–Trinajstić information content (AvgIpc) is 3.24. The standard InChI is InChI=1S/C29H31NP2.C3H6F2O2.C3H4F2O2.C2H4F2O.CHO.CH3.ClH.2Ru.H/c1-30(22-24-31(26-14-6-2-7-15-26)27-16-8-3-9-17-27)23-25-32(28-18-10-4-11-19-28)29-20-12-5-13-21-29;2*1-7-3(6)2(4)5;3-2(4)1-5;1-2;;;;;/h2-21H,22-25H2,1H3;2-3,6H,1H3;2H,1H3;2,5H,1H2;1H;1H3;1H;;;/q;;;;2*-1;;+1;+3;/p+1. The fourth-order valence-corrected chi connectivity index (χ4v) is 9.79. The van der Waals surface area contributed by atoms with Gasteiger partial charge in [-0.25, -0.2) is 22.4 Å². The maximum Gasteiger partial charge on any atom is 1.00 e. The number of benzene rings is 4. The first-order valence-electron chi connectivity index (χ1n) is 16.2. The van der Waals surface area contributed by atoms with Gasteiger partial charge in [0, 0.05) is 20.2 Å². The van der Waals surface area contributed by atoms with Crippen molar-refractivity contribution in [2.24, 2.45) is 0 Å². The van der Waals surface area contributed by atoms with Crippen molar-refractivity contribution in [1.82, 2.24) is 4.90 Å². The van der Waals surface area contributed by atoms with Gasteiger partial charge in [-0.3, -0.25) is 11.7 Å². The Morgan fingerprint density at radius 3 is 1.11 bits per heavy atom. The summed E-state index contributed by atoms with van der Waals surface area (Å²) in [5.41, 5.74) is 0. The van der Waals surface area contributed by atoms with Crippen LogP contribution in [0.4, 0.5) is 26.3 Å². The molecule has 1 atom stereocenters. The topological polar surface area (TPSA) is 96.3 Å². The smallest absolute Gasteiger partial charge is 1.00 e. The second-order valence-electron chi connectivity index (χ2n) is 10.6. The summed E-state index contributed by atoms with van der Waals surface area (Å²) >= 11 is 1.62. The monoisotopic (exact) mass is 1050 g/mol. The molecule has 0 bridgehead atoms. The number of methoxy groups -OCH3 is 2. The van der Waals surface area contributed by atoms with Gasteiger partial charge in [-0.2, -0.15) is 8.78 Å². The molecule has 0 amide bonds. The number of hydrogen-bond acceptors (Lipinski definition) is 7. The van der Waals surface area contributed by atoms with E-state index in [1.54, 1.807) is 17.3 Å². The van der Waals surface area contributed by atoms with Crippen molar-refractivity contribution in [2.75, 3.05) is 53.3 Å². The molecule has 0 heterocycles. The molecule has 0 aliphatic carbocycles. The fourth-order valence-electron chi connectivity index (χ4n) is 4.38. The minimum atomic E-state index is -3.00. The largest absolute Gasteiger partial charge is 1.00 e. The molecule has 4 aromatic carbocycles. The van der Waals surface area contributed by atoms with E-state index in [1.807, 2.05) is 0 Å². The molecule has 4 aromatic rings. The number of aliphatic hydroxyl groups is 2. The van der Waals surface area contributed by atoms with Crippen molar-refractivity contribution in [1.29, 1.82) is 0 Å². The summed E-state index contributed by atoms with van der Waals surface area (Å²) in [5.74, 6) is -1.49. The second-order valence-corrected chi connectivity index (χ2v) is 15.8. The number of rotatable bonds is 14. The van der Waals surface area contributed by atoms with Gasteiger partial charge < -0.3 is 31.9 Å². The van der Waals surface area contributed by atoms with Gasteiger partial charge in [0.2, 0.25) is 6.29 Å². The second kappa shape index (κ2) is 40.6. The van der Waals surface area contributed by atoms with E-state index in [4.69, 9.17) is 15.0 Å². The van der Waals surface area contributed by atoms with Crippen LogP contribution in [0.25, 0.3) is 0 Å². The molecule has 0 aliphatic rings. The summed E-state index contributed by atoms with van der Waals surface area (Å²) in [6.07, 6.45) is -7.83. The fraction of sp³-hybridized carbons (Fsp3) is 0.308. The third-order valence-corrected chi connectivity index (χ3v) is 12.5. The molecule has 57 heavy (non-hydrogen) atoms. The summed E-state index contributed by atoms with van der Waals surface area (Å²) in [5, 5.41) is 21.4. The van der Waals surface area contributed by atoms with Crippen LogP contribution in [0.1, 0.15) is 0 Å². The maximum absolute atomic E-state index is 11.1. The molecule has 7 nitrogen and oxygen atoms in total. The Balaban J connectivity index is -0.000000465. The Bertz CT molecular complexity index is 1290. The Morgan fingerprint density at radius 1 is 0.702 bits per heavy atom. The number of ether oxygens (including phenoxy) is 2. The number of halogens is 7. The summed E-state index contributed by atoms with van der Waals surface area (Å²) in [7, 11) is 7.29. The zero-order valence-corrected chi connectivity index (χ0v) is 38.2. The van der Waals surface area contributed by atoms with Crippen molar-refractivity contribution >= 4 is 59.5 Å². The number of aliphatic hydroxyl groups excluding tert-OH is 2. The SMILES string of the molecule is CN(CC[PH+](c1ccccc1)c1ccccc1)CC[PH+](c1ccccc1)c1ccccc1.COC(=O)C(F)F.COC(O)C(F)F.OCC(F)F.[CH-]=O.[CH3-].[Cl][RuH+2].[Ru+]. The molecule has 0 saturated heterocycles. The van der Waals surface area contributed by atoms with Crippen LogP contribution in [0.15, 0.2) is 121 Å². The minimum absolute atomic E-state index is 0. The van der Waals surface area contributed by atoms with Crippen LogP contribution in [0.3, 0.4) is 0 Å². The Labute approximate surface area is 362 Å². The van der Waals surface area contributed by atoms with Gasteiger partial charge in [-0.15, -0.1) is 0 Å². The van der Waals surface area contributed by atoms with Gasteiger partial charge in [0.15, 0.2) is 0 Å². The molecule has 1 radical (unpaired) electrons. The molecule has 0 aromatic heterocycles. The molecule has 1 unspecified atom stereocenters. The number of esters is 1. The first-order chi connectivity index (χ1) is 26.4. The number of carbonyl (C=O) groups excluding carboxylic acids is 2. The van der Waals surface area contributed by atoms with Crippen LogP contribution in [0.5, 0.6) is 0 Å². The molecule has 18 heteroatoms. The summed E-state index contributed by atoms with van der Waals surface area (Å²) in [4.78, 5) is 19.8. The van der Waals surface area contributed by atoms with E-state index >= 15 is 0 Å². The molecule has 0 fully saturated rings. The van der Waals surface area contributed by atoms with Gasteiger partial charge in [-0.05, 0) is 55.6 Å².